The lowest BCUT2D eigenvalue weighted by Gasteiger charge is -2.43. The Bertz CT molecular complexity index is 849. The number of amides is 1. The van der Waals surface area contributed by atoms with E-state index >= 15 is 0 Å². The highest BCUT2D eigenvalue weighted by Crippen LogP contribution is 2.35. The number of carboxylic acids is 1. The Hall–Kier alpha value is -2.67. The molecule has 7 nitrogen and oxygen atoms in total. The van der Waals surface area contributed by atoms with Gasteiger partial charge in [0.1, 0.15) is 5.41 Å². The molecule has 28 heavy (non-hydrogen) atoms. The van der Waals surface area contributed by atoms with Crippen molar-refractivity contribution in [2.45, 2.75) is 45.6 Å². The summed E-state index contributed by atoms with van der Waals surface area (Å²) in [6.45, 7) is 4.27. The first-order valence-corrected chi connectivity index (χ1v) is 9.57. The number of nitrogens with zero attached hydrogens (tertiary/aromatic N) is 2. The number of rotatable bonds is 6. The number of aliphatic hydroxyl groups is 1. The quantitative estimate of drug-likeness (QED) is 0.704. The van der Waals surface area contributed by atoms with Crippen LogP contribution in [0.5, 0.6) is 0 Å². The van der Waals surface area contributed by atoms with Gasteiger partial charge in [-0.25, -0.2) is 0 Å². The number of carboxylic acid groups (broad SMARTS) is 1. The lowest BCUT2D eigenvalue weighted by Crippen LogP contribution is -2.58. The number of H-pyrrole nitrogens is 1. The van der Waals surface area contributed by atoms with Gasteiger partial charge in [-0.1, -0.05) is 30.3 Å². The predicted molar refractivity (Wildman–Crippen MR) is 104 cm³/mol. The minimum Gasteiger partial charge on any atom is -0.481 e. The molecule has 0 unspecified atom stereocenters. The van der Waals surface area contributed by atoms with E-state index in [0.29, 0.717) is 13.0 Å². The monoisotopic (exact) mass is 385 g/mol. The van der Waals surface area contributed by atoms with Crippen LogP contribution in [0.1, 0.15) is 35.4 Å². The number of aromatic amines is 1. The summed E-state index contributed by atoms with van der Waals surface area (Å²) in [7, 11) is 0. The lowest BCUT2D eigenvalue weighted by molar-refractivity contribution is -0.165. The largest absolute Gasteiger partial charge is 0.481 e. The van der Waals surface area contributed by atoms with Gasteiger partial charge in [-0.05, 0) is 37.8 Å². The maximum Gasteiger partial charge on any atom is 0.314 e. The maximum atomic E-state index is 12.8. The Morgan fingerprint density at radius 1 is 1.29 bits per heavy atom. The first kappa shape index (κ1) is 20.1. The fraction of sp³-hybridized carbons (Fsp3) is 0.476. The molecular weight excluding hydrogens is 358 g/mol. The molecule has 1 amide bonds. The molecule has 1 fully saturated rings. The van der Waals surface area contributed by atoms with Crippen LogP contribution >= 0.6 is 0 Å². The molecule has 0 saturated carbocycles. The van der Waals surface area contributed by atoms with Crippen LogP contribution in [0.4, 0.5) is 0 Å². The van der Waals surface area contributed by atoms with Crippen molar-refractivity contribution >= 4 is 11.9 Å². The Morgan fingerprint density at radius 2 is 2.00 bits per heavy atom. The van der Waals surface area contributed by atoms with Gasteiger partial charge in [0.15, 0.2) is 0 Å². The minimum absolute atomic E-state index is 0.00973. The molecule has 1 aliphatic heterocycles. The maximum absolute atomic E-state index is 12.8. The highest BCUT2D eigenvalue weighted by atomic mass is 16.4. The van der Waals surface area contributed by atoms with E-state index in [1.54, 1.807) is 4.90 Å². The third-order valence-corrected chi connectivity index (χ3v) is 5.85. The molecular formula is C21H27N3O4. The summed E-state index contributed by atoms with van der Waals surface area (Å²) < 4.78 is 0. The second kappa shape index (κ2) is 8.14. The van der Waals surface area contributed by atoms with Crippen molar-refractivity contribution in [3.8, 4) is 0 Å². The molecule has 150 valence electrons. The van der Waals surface area contributed by atoms with Crippen molar-refractivity contribution < 1.29 is 19.8 Å². The van der Waals surface area contributed by atoms with E-state index in [1.807, 2.05) is 44.2 Å². The SMILES string of the molecule is Cc1[nH]nc(CCC(=O)N2CC[C@@H](O)[C@](Cc3ccccc3)(C(=O)O)C2)c1C. The first-order valence-electron chi connectivity index (χ1n) is 9.57. The highest BCUT2D eigenvalue weighted by molar-refractivity contribution is 5.80. The van der Waals surface area contributed by atoms with Crippen LogP contribution < -0.4 is 0 Å². The summed E-state index contributed by atoms with van der Waals surface area (Å²) in [5, 5.41) is 27.7. The van der Waals surface area contributed by atoms with Gasteiger partial charge in [-0.3, -0.25) is 14.7 Å². The molecule has 1 aromatic carbocycles. The van der Waals surface area contributed by atoms with E-state index in [0.717, 1.165) is 22.5 Å². The van der Waals surface area contributed by atoms with E-state index < -0.39 is 17.5 Å². The van der Waals surface area contributed by atoms with Crippen molar-refractivity contribution in [3.63, 3.8) is 0 Å². The van der Waals surface area contributed by atoms with E-state index in [2.05, 4.69) is 10.2 Å². The first-order chi connectivity index (χ1) is 13.3. The van der Waals surface area contributed by atoms with Crippen LogP contribution in [0.3, 0.4) is 0 Å². The normalized spacial score (nSPS) is 22.2. The highest BCUT2D eigenvalue weighted by Gasteiger charge is 2.50. The predicted octanol–water partition coefficient (Wildman–Crippen LogP) is 1.87. The number of carbonyl (C=O) groups is 2. The zero-order valence-electron chi connectivity index (χ0n) is 16.3. The molecule has 3 N–H and O–H groups in total. The fourth-order valence-electron chi connectivity index (χ4n) is 3.87. The molecule has 2 atom stereocenters. The van der Waals surface area contributed by atoms with E-state index in [9.17, 15) is 19.8 Å². The second-order valence-corrected chi connectivity index (χ2v) is 7.66. The molecule has 0 spiro atoms. The summed E-state index contributed by atoms with van der Waals surface area (Å²) in [6, 6.07) is 9.25. The van der Waals surface area contributed by atoms with Crippen molar-refractivity contribution in [1.82, 2.24) is 15.1 Å². The zero-order chi connectivity index (χ0) is 20.3. The van der Waals surface area contributed by atoms with Gasteiger partial charge >= 0.3 is 5.97 Å². The molecule has 0 radical (unpaired) electrons. The molecule has 1 saturated heterocycles. The zero-order valence-corrected chi connectivity index (χ0v) is 16.3. The van der Waals surface area contributed by atoms with Gasteiger partial charge in [0, 0.05) is 31.6 Å². The van der Waals surface area contributed by atoms with E-state index in [-0.39, 0.29) is 31.7 Å². The number of nitrogens with one attached hydrogen (secondary N) is 1. The number of piperidine rings is 1. The van der Waals surface area contributed by atoms with Crippen LogP contribution in [-0.4, -0.2) is 56.4 Å². The van der Waals surface area contributed by atoms with Gasteiger partial charge in [-0.15, -0.1) is 0 Å². The van der Waals surface area contributed by atoms with Crippen LogP contribution in [-0.2, 0) is 22.4 Å². The number of hydrogen-bond acceptors (Lipinski definition) is 4. The van der Waals surface area contributed by atoms with Gasteiger partial charge in [0.05, 0.1) is 11.8 Å². The number of likely N-dealkylation sites (tertiary alicyclic amines) is 1. The number of hydrogen-bond donors (Lipinski definition) is 3. The summed E-state index contributed by atoms with van der Waals surface area (Å²) in [6.07, 6.45) is 0.220. The lowest BCUT2D eigenvalue weighted by atomic mass is 9.72. The van der Waals surface area contributed by atoms with Crippen LogP contribution in [0, 0.1) is 19.3 Å². The number of aromatic nitrogens is 2. The number of aliphatic hydroxyl groups excluding tert-OH is 1. The summed E-state index contributed by atoms with van der Waals surface area (Å²) in [4.78, 5) is 26.5. The van der Waals surface area contributed by atoms with Crippen LogP contribution in [0.2, 0.25) is 0 Å². The number of benzene rings is 1. The molecule has 2 aromatic rings. The van der Waals surface area contributed by atoms with E-state index in [1.165, 1.54) is 0 Å². The molecule has 7 heteroatoms. The van der Waals surface area contributed by atoms with Gasteiger partial charge in [-0.2, -0.15) is 5.10 Å². The molecule has 1 aliphatic rings. The summed E-state index contributed by atoms with van der Waals surface area (Å²) in [5.74, 6) is -1.18. The summed E-state index contributed by atoms with van der Waals surface area (Å²) >= 11 is 0. The summed E-state index contributed by atoms with van der Waals surface area (Å²) in [5.41, 5.74) is 2.33. The average molecular weight is 385 g/mol. The van der Waals surface area contributed by atoms with Gasteiger partial charge in [0.2, 0.25) is 5.91 Å². The van der Waals surface area contributed by atoms with Crippen molar-refractivity contribution in [2.24, 2.45) is 5.41 Å². The Labute approximate surface area is 164 Å². The van der Waals surface area contributed by atoms with Gasteiger partial charge < -0.3 is 15.1 Å². The molecule has 0 bridgehead atoms. The number of carbonyl (C=O) groups excluding carboxylic acids is 1. The third kappa shape index (κ3) is 3.94. The fourth-order valence-corrected chi connectivity index (χ4v) is 3.87. The standard InChI is InChI=1S/C21H27N3O4/c1-14-15(2)22-23-17(14)8-9-19(26)24-11-10-18(25)21(13-24,20(27)28)12-16-6-4-3-5-7-16/h3-7,18,25H,8-13H2,1-2H3,(H,22,23)(H,27,28)/t18-,21-/m1/s1. The topological polar surface area (TPSA) is 107 Å². The van der Waals surface area contributed by atoms with Crippen molar-refractivity contribution in [1.29, 1.82) is 0 Å². The van der Waals surface area contributed by atoms with E-state index in [4.69, 9.17) is 0 Å². The molecule has 3 rings (SSSR count). The second-order valence-electron chi connectivity index (χ2n) is 7.66. The molecule has 0 aliphatic carbocycles. The molecule has 2 heterocycles. The van der Waals surface area contributed by atoms with Crippen LogP contribution in [0.15, 0.2) is 30.3 Å². The third-order valence-electron chi connectivity index (χ3n) is 5.85. The van der Waals surface area contributed by atoms with Crippen molar-refractivity contribution in [3.05, 3.63) is 52.8 Å². The Balaban J connectivity index is 1.73. The van der Waals surface area contributed by atoms with Crippen LogP contribution in [0.25, 0.3) is 0 Å². The van der Waals surface area contributed by atoms with Gasteiger partial charge in [0.25, 0.3) is 0 Å². The average Bonchev–Trinajstić information content (AvgIpc) is 3.00. The number of aryl methyl sites for hydroxylation is 2. The van der Waals surface area contributed by atoms with Crippen molar-refractivity contribution in [2.75, 3.05) is 13.1 Å². The number of aliphatic carboxylic acids is 1. The Morgan fingerprint density at radius 3 is 2.61 bits per heavy atom. The smallest absolute Gasteiger partial charge is 0.314 e. The Kier molecular flexibility index (Phi) is 5.84. The minimum atomic E-state index is -1.39. The molecule has 1 aromatic heterocycles.